The van der Waals surface area contributed by atoms with Crippen molar-refractivity contribution in [2.24, 2.45) is 34.5 Å². The minimum absolute atomic E-state index is 0.141. The Morgan fingerprint density at radius 3 is 2.52 bits per heavy atom. The van der Waals surface area contributed by atoms with Gasteiger partial charge in [-0.05, 0) is 66.8 Å². The lowest BCUT2D eigenvalue weighted by Gasteiger charge is -2.60. The van der Waals surface area contributed by atoms with Gasteiger partial charge in [0, 0.05) is 11.8 Å². The van der Waals surface area contributed by atoms with Crippen molar-refractivity contribution in [3.05, 3.63) is 11.6 Å². The van der Waals surface area contributed by atoms with Gasteiger partial charge in [0.15, 0.2) is 0 Å². The zero-order chi connectivity index (χ0) is 22.4. The van der Waals surface area contributed by atoms with Crippen molar-refractivity contribution in [1.82, 2.24) is 0 Å². The van der Waals surface area contributed by atoms with Crippen LogP contribution >= 0.6 is 0 Å². The number of epoxide rings is 1. The van der Waals surface area contributed by atoms with E-state index in [1.165, 1.54) is 37.7 Å². The molecule has 3 N–H and O–H groups in total. The topological polar surface area (TPSA) is 73.2 Å². The molecular formula is C27H44O4. The second kappa shape index (κ2) is 7.04. The molecule has 5 aliphatic rings. The second-order valence-corrected chi connectivity index (χ2v) is 12.8. The zero-order valence-corrected chi connectivity index (χ0v) is 20.2. The highest BCUT2D eigenvalue weighted by atomic mass is 16.6. The molecule has 0 aromatic heterocycles. The highest BCUT2D eigenvalue weighted by Crippen LogP contribution is 2.76. The largest absolute Gasteiger partial charge is 0.393 e. The predicted molar refractivity (Wildman–Crippen MR) is 121 cm³/mol. The van der Waals surface area contributed by atoms with Crippen LogP contribution < -0.4 is 0 Å². The summed E-state index contributed by atoms with van der Waals surface area (Å²) in [4.78, 5) is 0. The lowest BCUT2D eigenvalue weighted by atomic mass is 9.45. The molecule has 4 aliphatic carbocycles. The van der Waals surface area contributed by atoms with Crippen LogP contribution in [-0.2, 0) is 4.74 Å². The van der Waals surface area contributed by atoms with Gasteiger partial charge in [-0.3, -0.25) is 0 Å². The summed E-state index contributed by atoms with van der Waals surface area (Å²) >= 11 is 0. The highest BCUT2D eigenvalue weighted by molar-refractivity contribution is 5.47. The van der Waals surface area contributed by atoms with E-state index in [4.69, 9.17) is 4.74 Å². The second-order valence-electron chi connectivity index (χ2n) is 12.8. The molecule has 1 aliphatic heterocycles. The Bertz CT molecular complexity index is 762. The summed E-state index contributed by atoms with van der Waals surface area (Å²) in [6.07, 6.45) is 9.68. The van der Waals surface area contributed by atoms with Gasteiger partial charge in [0.25, 0.3) is 0 Å². The van der Waals surface area contributed by atoms with Crippen molar-refractivity contribution in [2.45, 2.75) is 122 Å². The number of rotatable bonds is 5. The fourth-order valence-corrected chi connectivity index (χ4v) is 9.00. The van der Waals surface area contributed by atoms with E-state index in [0.29, 0.717) is 30.6 Å². The molecule has 4 fully saturated rings. The number of aliphatic hydroxyl groups is 3. The quantitative estimate of drug-likeness (QED) is 0.438. The maximum atomic E-state index is 11.7. The first kappa shape index (κ1) is 22.4. The third kappa shape index (κ3) is 2.80. The average molecular weight is 433 g/mol. The monoisotopic (exact) mass is 432 g/mol. The first-order chi connectivity index (χ1) is 14.5. The van der Waals surface area contributed by atoms with Crippen molar-refractivity contribution in [1.29, 1.82) is 0 Å². The van der Waals surface area contributed by atoms with E-state index in [0.717, 1.165) is 12.3 Å². The van der Waals surface area contributed by atoms with Gasteiger partial charge in [0.05, 0.1) is 12.2 Å². The Balaban J connectivity index is 1.45. The van der Waals surface area contributed by atoms with Crippen molar-refractivity contribution < 1.29 is 20.1 Å². The van der Waals surface area contributed by atoms with E-state index in [1.807, 2.05) is 6.08 Å². The van der Waals surface area contributed by atoms with E-state index >= 15 is 0 Å². The molecule has 4 heteroatoms. The van der Waals surface area contributed by atoms with E-state index < -0.39 is 28.8 Å². The molecule has 10 atom stereocenters. The highest BCUT2D eigenvalue weighted by Gasteiger charge is 2.82. The molecule has 0 amide bonds. The van der Waals surface area contributed by atoms with Crippen LogP contribution in [0.4, 0.5) is 0 Å². The third-order valence-electron chi connectivity index (χ3n) is 10.8. The molecule has 0 bridgehead atoms. The van der Waals surface area contributed by atoms with Gasteiger partial charge < -0.3 is 20.1 Å². The summed E-state index contributed by atoms with van der Waals surface area (Å²) in [7, 11) is 0. The number of hydrogen-bond acceptors (Lipinski definition) is 4. The number of aliphatic hydroxyl groups excluding tert-OH is 2. The van der Waals surface area contributed by atoms with E-state index in [-0.39, 0.29) is 17.9 Å². The molecule has 31 heavy (non-hydrogen) atoms. The minimum Gasteiger partial charge on any atom is -0.393 e. The summed E-state index contributed by atoms with van der Waals surface area (Å²) in [6, 6.07) is 0. The summed E-state index contributed by atoms with van der Waals surface area (Å²) in [6.45, 7) is 11.7. The maximum Gasteiger partial charge on any atom is 0.124 e. The van der Waals surface area contributed by atoms with Crippen molar-refractivity contribution in [3.8, 4) is 0 Å². The molecule has 176 valence electrons. The average Bonchev–Trinajstić information content (AvgIpc) is 3.30. The molecule has 0 radical (unpaired) electrons. The van der Waals surface area contributed by atoms with Gasteiger partial charge in [-0.25, -0.2) is 0 Å². The fourth-order valence-electron chi connectivity index (χ4n) is 9.00. The fraction of sp³-hybridized carbons (Fsp3) is 0.926. The Morgan fingerprint density at radius 1 is 1.06 bits per heavy atom. The van der Waals surface area contributed by atoms with Crippen molar-refractivity contribution in [3.63, 3.8) is 0 Å². The first-order valence-corrected chi connectivity index (χ1v) is 13.0. The van der Waals surface area contributed by atoms with E-state index in [9.17, 15) is 15.3 Å². The van der Waals surface area contributed by atoms with Crippen molar-refractivity contribution >= 4 is 0 Å². The first-order valence-electron chi connectivity index (χ1n) is 13.0. The summed E-state index contributed by atoms with van der Waals surface area (Å²) in [5.74, 6) is 2.63. The van der Waals surface area contributed by atoms with Crippen LogP contribution in [0.5, 0.6) is 0 Å². The molecule has 1 spiro atoms. The summed E-state index contributed by atoms with van der Waals surface area (Å²) < 4.78 is 6.61. The molecule has 2 unspecified atom stereocenters. The van der Waals surface area contributed by atoms with Crippen LogP contribution in [0, 0.1) is 34.5 Å². The lowest BCUT2D eigenvalue weighted by molar-refractivity contribution is -0.210. The molecule has 0 aromatic rings. The van der Waals surface area contributed by atoms with Gasteiger partial charge in [0.1, 0.15) is 17.3 Å². The Kier molecular flexibility index (Phi) is 5.08. The van der Waals surface area contributed by atoms with E-state index in [1.54, 1.807) is 0 Å². The van der Waals surface area contributed by atoms with Crippen LogP contribution in [-0.4, -0.2) is 44.8 Å². The van der Waals surface area contributed by atoms with Gasteiger partial charge >= 0.3 is 0 Å². The van der Waals surface area contributed by atoms with E-state index in [2.05, 4.69) is 34.6 Å². The van der Waals surface area contributed by atoms with Gasteiger partial charge in [-0.2, -0.15) is 0 Å². The number of fused-ring (bicyclic) bond motifs is 3. The maximum absolute atomic E-state index is 11.7. The molecule has 3 saturated carbocycles. The number of hydrogen-bond donors (Lipinski definition) is 3. The van der Waals surface area contributed by atoms with Crippen LogP contribution in [0.1, 0.15) is 92.4 Å². The van der Waals surface area contributed by atoms with Gasteiger partial charge in [-0.1, -0.05) is 60.0 Å². The molecule has 1 heterocycles. The molecule has 4 nitrogen and oxygen atoms in total. The molecule has 0 aromatic carbocycles. The van der Waals surface area contributed by atoms with Crippen LogP contribution in [0.2, 0.25) is 0 Å². The Labute approximate surface area is 188 Å². The minimum atomic E-state index is -1.31. The Hall–Kier alpha value is -0.420. The van der Waals surface area contributed by atoms with Crippen molar-refractivity contribution in [2.75, 3.05) is 0 Å². The molecule has 5 rings (SSSR count). The summed E-state index contributed by atoms with van der Waals surface area (Å²) in [5, 5.41) is 33.1. The number of ether oxygens (including phenoxy) is 1. The summed E-state index contributed by atoms with van der Waals surface area (Å²) in [5.41, 5.74) is -0.762. The zero-order valence-electron chi connectivity index (χ0n) is 20.2. The standard InChI is InChI=1S/C27H44O4/c1-16(2)7-6-8-17(3)19-9-10-20-21-13-22(29)26(30)14-18(28)11-12-25(26,5)27(21)23(31-27)15-24(19,20)4/h13,16-20,22-23,28-30H,6-12,14-15H2,1-5H3/t17-,18+,19?,20+,22-,23-,24-,25+,26+,27?/m1/s1. The third-order valence-corrected chi connectivity index (χ3v) is 10.8. The van der Waals surface area contributed by atoms with Gasteiger partial charge in [0.2, 0.25) is 0 Å². The Morgan fingerprint density at radius 2 is 1.81 bits per heavy atom. The molecular weight excluding hydrogens is 388 g/mol. The predicted octanol–water partition coefficient (Wildman–Crippen LogP) is 4.61. The lowest BCUT2D eigenvalue weighted by Crippen LogP contribution is -2.69. The van der Waals surface area contributed by atoms with Crippen LogP contribution in [0.25, 0.3) is 0 Å². The van der Waals surface area contributed by atoms with Crippen LogP contribution in [0.3, 0.4) is 0 Å². The SMILES string of the molecule is CC(C)CCC[C@@H](C)C1CC[C@H]2C3=C[C@@H](O)[C@@]4(O)C[C@@H](O)CC[C@]4(C)C34O[C@@H]4C[C@]12C. The smallest absolute Gasteiger partial charge is 0.124 e. The van der Waals surface area contributed by atoms with Gasteiger partial charge in [-0.15, -0.1) is 0 Å². The molecule has 1 saturated heterocycles. The normalized spacial score (nSPS) is 53.8. The van der Waals surface area contributed by atoms with Crippen LogP contribution in [0.15, 0.2) is 11.6 Å².